The highest BCUT2D eigenvalue weighted by Crippen LogP contribution is 2.46. The van der Waals surface area contributed by atoms with Crippen LogP contribution in [0, 0.1) is 20.8 Å². The number of aryl methyl sites for hydroxylation is 3. The van der Waals surface area contributed by atoms with Gasteiger partial charge in [0.1, 0.15) is 5.58 Å². The van der Waals surface area contributed by atoms with Crippen molar-refractivity contribution in [1.29, 1.82) is 0 Å². The molecule has 184 valence electrons. The zero-order valence-corrected chi connectivity index (χ0v) is 21.1. The molecule has 0 radical (unpaired) electrons. The third-order valence-electron chi connectivity index (χ3n) is 6.80. The molecule has 3 aromatic carbocycles. The van der Waals surface area contributed by atoms with E-state index >= 15 is 0 Å². The number of amides is 1. The van der Waals surface area contributed by atoms with Crippen molar-refractivity contribution in [2.24, 2.45) is 0 Å². The van der Waals surface area contributed by atoms with Crippen LogP contribution < -0.4 is 24.5 Å². The molecular weight excluding hydrogens is 458 g/mol. The lowest BCUT2D eigenvalue weighted by atomic mass is 9.96. The molecule has 1 amide bonds. The van der Waals surface area contributed by atoms with Crippen LogP contribution in [0.25, 0.3) is 11.0 Å². The minimum atomic E-state index is -0.760. The molecule has 1 unspecified atom stereocenters. The Kier molecular flexibility index (Phi) is 5.71. The van der Waals surface area contributed by atoms with Gasteiger partial charge in [0.15, 0.2) is 16.9 Å². The molecule has 0 spiro atoms. The largest absolute Gasteiger partial charge is 0.493 e. The summed E-state index contributed by atoms with van der Waals surface area (Å²) < 4.78 is 22.7. The maximum Gasteiger partial charge on any atom is 0.295 e. The Morgan fingerprint density at radius 1 is 0.806 bits per heavy atom. The first-order valence-electron chi connectivity index (χ1n) is 11.6. The summed E-state index contributed by atoms with van der Waals surface area (Å²) in [4.78, 5) is 29.4. The van der Waals surface area contributed by atoms with E-state index in [4.69, 9.17) is 18.6 Å². The molecule has 7 heteroatoms. The highest BCUT2D eigenvalue weighted by molar-refractivity contribution is 6.10. The summed E-state index contributed by atoms with van der Waals surface area (Å²) in [5.74, 6) is 0.926. The van der Waals surface area contributed by atoms with E-state index in [2.05, 4.69) is 0 Å². The first kappa shape index (κ1) is 23.5. The fraction of sp³-hybridized carbons (Fsp3) is 0.241. The van der Waals surface area contributed by atoms with E-state index in [1.165, 1.54) is 21.3 Å². The number of carbonyl (C=O) groups excluding carboxylic acids is 1. The number of ether oxygens (including phenoxy) is 3. The number of hydrogen-bond donors (Lipinski definition) is 0. The molecule has 0 aliphatic carbocycles. The van der Waals surface area contributed by atoms with Gasteiger partial charge in [-0.05, 0) is 73.9 Å². The van der Waals surface area contributed by atoms with Gasteiger partial charge in [0.25, 0.3) is 5.91 Å². The molecule has 1 atom stereocenters. The van der Waals surface area contributed by atoms with Crippen LogP contribution in [0.2, 0.25) is 0 Å². The predicted octanol–water partition coefficient (Wildman–Crippen LogP) is 5.49. The van der Waals surface area contributed by atoms with Crippen LogP contribution in [0.4, 0.5) is 5.69 Å². The van der Waals surface area contributed by atoms with E-state index in [0.717, 1.165) is 16.7 Å². The van der Waals surface area contributed by atoms with Gasteiger partial charge in [-0.1, -0.05) is 17.7 Å². The molecule has 0 saturated heterocycles. The second kappa shape index (κ2) is 8.75. The van der Waals surface area contributed by atoms with Crippen LogP contribution in [-0.4, -0.2) is 27.2 Å². The Morgan fingerprint density at radius 2 is 1.50 bits per heavy atom. The van der Waals surface area contributed by atoms with Gasteiger partial charge in [0.05, 0.1) is 38.3 Å². The number of hydrogen-bond acceptors (Lipinski definition) is 6. The van der Waals surface area contributed by atoms with E-state index in [1.54, 1.807) is 29.2 Å². The van der Waals surface area contributed by atoms with Crippen molar-refractivity contribution in [2.45, 2.75) is 26.8 Å². The van der Waals surface area contributed by atoms with Gasteiger partial charge in [-0.2, -0.15) is 0 Å². The van der Waals surface area contributed by atoms with E-state index < -0.39 is 6.04 Å². The number of benzene rings is 3. The van der Waals surface area contributed by atoms with Crippen LogP contribution in [-0.2, 0) is 0 Å². The summed E-state index contributed by atoms with van der Waals surface area (Å²) in [6.07, 6.45) is 0. The van der Waals surface area contributed by atoms with Gasteiger partial charge < -0.3 is 18.6 Å². The quantitative estimate of drug-likeness (QED) is 0.372. The molecule has 0 fully saturated rings. The molecule has 4 aromatic rings. The number of carbonyl (C=O) groups is 1. The topological polar surface area (TPSA) is 78.2 Å². The van der Waals surface area contributed by atoms with Crippen molar-refractivity contribution in [3.63, 3.8) is 0 Å². The second-order valence-electron chi connectivity index (χ2n) is 8.98. The van der Waals surface area contributed by atoms with Gasteiger partial charge >= 0.3 is 0 Å². The monoisotopic (exact) mass is 485 g/mol. The van der Waals surface area contributed by atoms with Crippen LogP contribution in [0.3, 0.4) is 0 Å². The smallest absolute Gasteiger partial charge is 0.295 e. The SMILES string of the molecule is COc1cc(C2c3c(oc4ccc(C)cc4c3=O)C(=O)N2c2ccc(C)c(C)c2)cc(OC)c1OC. The van der Waals surface area contributed by atoms with Gasteiger partial charge in [-0.3, -0.25) is 14.5 Å². The average molecular weight is 486 g/mol. The normalized spacial score (nSPS) is 14.8. The molecule has 0 bridgehead atoms. The maximum absolute atomic E-state index is 13.9. The van der Waals surface area contributed by atoms with Gasteiger partial charge in [0, 0.05) is 5.69 Å². The van der Waals surface area contributed by atoms with Crippen LogP contribution in [0.5, 0.6) is 17.2 Å². The second-order valence-corrected chi connectivity index (χ2v) is 8.98. The maximum atomic E-state index is 13.9. The zero-order chi connectivity index (χ0) is 25.7. The summed E-state index contributed by atoms with van der Waals surface area (Å²) in [6.45, 7) is 5.91. The van der Waals surface area contributed by atoms with Gasteiger partial charge in [0.2, 0.25) is 11.5 Å². The Morgan fingerprint density at radius 3 is 2.11 bits per heavy atom. The van der Waals surface area contributed by atoms with E-state index in [-0.39, 0.29) is 22.7 Å². The third-order valence-corrected chi connectivity index (χ3v) is 6.80. The fourth-order valence-corrected chi connectivity index (χ4v) is 4.80. The van der Waals surface area contributed by atoms with Crippen molar-refractivity contribution in [3.8, 4) is 17.2 Å². The Labute approximate surface area is 208 Å². The lowest BCUT2D eigenvalue weighted by Crippen LogP contribution is -2.29. The third kappa shape index (κ3) is 3.50. The van der Waals surface area contributed by atoms with Crippen LogP contribution in [0.1, 0.15) is 44.4 Å². The molecule has 0 saturated carbocycles. The zero-order valence-electron chi connectivity index (χ0n) is 21.1. The lowest BCUT2D eigenvalue weighted by Gasteiger charge is -2.27. The Hall–Kier alpha value is -4.26. The van der Waals surface area contributed by atoms with E-state index in [0.29, 0.717) is 39.5 Å². The lowest BCUT2D eigenvalue weighted by molar-refractivity contribution is 0.0971. The highest BCUT2D eigenvalue weighted by atomic mass is 16.5. The summed E-state index contributed by atoms with van der Waals surface area (Å²) in [5, 5.41) is 0.431. The molecule has 2 heterocycles. The van der Waals surface area contributed by atoms with Crippen molar-refractivity contribution < 1.29 is 23.4 Å². The average Bonchev–Trinajstić information content (AvgIpc) is 3.17. The first-order valence-corrected chi connectivity index (χ1v) is 11.6. The van der Waals surface area contributed by atoms with Crippen molar-refractivity contribution in [2.75, 3.05) is 26.2 Å². The minimum absolute atomic E-state index is 0.0355. The number of fused-ring (bicyclic) bond motifs is 2. The molecule has 1 aromatic heterocycles. The molecule has 1 aliphatic rings. The molecule has 7 nitrogen and oxygen atoms in total. The predicted molar refractivity (Wildman–Crippen MR) is 138 cm³/mol. The summed E-state index contributed by atoms with van der Waals surface area (Å²) >= 11 is 0. The first-order chi connectivity index (χ1) is 17.3. The van der Waals surface area contributed by atoms with Gasteiger partial charge in [-0.25, -0.2) is 0 Å². The number of nitrogens with zero attached hydrogens (tertiary/aromatic N) is 1. The number of rotatable bonds is 5. The van der Waals surface area contributed by atoms with Crippen LogP contribution >= 0.6 is 0 Å². The van der Waals surface area contributed by atoms with Gasteiger partial charge in [-0.15, -0.1) is 0 Å². The Bertz CT molecular complexity index is 1560. The number of methoxy groups -OCH3 is 3. The standard InChI is InChI=1S/C29H27NO6/c1-15-7-10-21-20(11-15)26(31)24-25(18-13-22(33-4)27(35-6)23(14-18)34-5)30(29(32)28(24)36-21)19-9-8-16(2)17(3)12-19/h7-14,25H,1-6H3. The minimum Gasteiger partial charge on any atom is -0.493 e. The number of anilines is 1. The molecular formula is C29H27NO6. The van der Waals surface area contributed by atoms with E-state index in [9.17, 15) is 9.59 Å². The summed E-state index contributed by atoms with van der Waals surface area (Å²) in [5.41, 5.74) is 4.77. The van der Waals surface area contributed by atoms with Crippen molar-refractivity contribution >= 4 is 22.6 Å². The summed E-state index contributed by atoms with van der Waals surface area (Å²) in [7, 11) is 4.58. The molecule has 1 aliphatic heterocycles. The van der Waals surface area contributed by atoms with Crippen LogP contribution in [0.15, 0.2) is 57.7 Å². The van der Waals surface area contributed by atoms with E-state index in [1.807, 2.05) is 45.0 Å². The molecule has 36 heavy (non-hydrogen) atoms. The van der Waals surface area contributed by atoms with Crippen molar-refractivity contribution in [1.82, 2.24) is 0 Å². The van der Waals surface area contributed by atoms with Crippen molar-refractivity contribution in [3.05, 3.63) is 92.3 Å². The molecule has 5 rings (SSSR count). The molecule has 0 N–H and O–H groups in total. The summed E-state index contributed by atoms with van der Waals surface area (Å²) in [6, 6.07) is 13.9. The fourth-order valence-electron chi connectivity index (χ4n) is 4.80. The highest BCUT2D eigenvalue weighted by Gasteiger charge is 2.44. The Balaban J connectivity index is 1.85.